The van der Waals surface area contributed by atoms with Crippen LogP contribution in [0.3, 0.4) is 0 Å². The zero-order valence-corrected chi connectivity index (χ0v) is 14.7. The number of rotatable bonds is 4. The standard InChI is InChI=1S/C14H24N2O3S2/c1-13(2,3)21(19)8-7-15-12(18)10-9-20-14(4)6-5-11(17)16(10)14/h10H,5-9H2,1-4H3,(H,15,18). The molecule has 2 aliphatic heterocycles. The van der Waals surface area contributed by atoms with Crippen LogP contribution >= 0.6 is 11.8 Å². The monoisotopic (exact) mass is 332 g/mol. The second-order valence-electron chi connectivity index (χ2n) is 6.72. The van der Waals surface area contributed by atoms with Crippen molar-refractivity contribution in [2.24, 2.45) is 0 Å². The molecular formula is C14H24N2O3S2. The Bertz CT molecular complexity index is 475. The maximum Gasteiger partial charge on any atom is 0.243 e. The topological polar surface area (TPSA) is 66.5 Å². The quantitative estimate of drug-likeness (QED) is 0.837. The van der Waals surface area contributed by atoms with Crippen LogP contribution in [0.5, 0.6) is 0 Å². The van der Waals surface area contributed by atoms with Gasteiger partial charge in [-0.15, -0.1) is 11.8 Å². The van der Waals surface area contributed by atoms with Crippen molar-refractivity contribution in [3.63, 3.8) is 0 Å². The highest BCUT2D eigenvalue weighted by atomic mass is 32.2. The Kier molecular flexibility index (Phi) is 4.73. The average Bonchev–Trinajstić information content (AvgIpc) is 2.86. The van der Waals surface area contributed by atoms with Gasteiger partial charge in [0.05, 0.1) is 4.87 Å². The SMILES string of the molecule is CC12CCC(=O)N1C(C(=O)NCCS(=O)C(C)(C)C)CS2. The third kappa shape index (κ3) is 3.44. The molecule has 0 bridgehead atoms. The molecule has 0 spiro atoms. The van der Waals surface area contributed by atoms with E-state index in [1.165, 1.54) is 0 Å². The first-order valence-corrected chi connectivity index (χ1v) is 9.58. The molecule has 3 atom stereocenters. The summed E-state index contributed by atoms with van der Waals surface area (Å²) in [5.41, 5.74) is 0. The molecule has 0 aliphatic carbocycles. The van der Waals surface area contributed by atoms with E-state index in [0.29, 0.717) is 24.5 Å². The molecule has 2 heterocycles. The van der Waals surface area contributed by atoms with Gasteiger partial charge in [-0.1, -0.05) is 0 Å². The zero-order chi connectivity index (χ0) is 15.8. The van der Waals surface area contributed by atoms with Gasteiger partial charge in [0.2, 0.25) is 11.8 Å². The van der Waals surface area contributed by atoms with E-state index in [0.717, 1.165) is 6.42 Å². The molecule has 0 saturated carbocycles. The van der Waals surface area contributed by atoms with Crippen LogP contribution in [0.4, 0.5) is 0 Å². The van der Waals surface area contributed by atoms with E-state index >= 15 is 0 Å². The van der Waals surface area contributed by atoms with Crippen molar-refractivity contribution < 1.29 is 13.8 Å². The van der Waals surface area contributed by atoms with Crippen molar-refractivity contribution in [3.05, 3.63) is 0 Å². The van der Waals surface area contributed by atoms with E-state index in [1.807, 2.05) is 27.7 Å². The van der Waals surface area contributed by atoms with Crippen LogP contribution in [-0.2, 0) is 20.4 Å². The summed E-state index contributed by atoms with van der Waals surface area (Å²) in [5, 5.41) is 2.84. The Morgan fingerprint density at radius 2 is 2.19 bits per heavy atom. The van der Waals surface area contributed by atoms with Gasteiger partial charge in [0.1, 0.15) is 6.04 Å². The molecule has 120 valence electrons. The van der Waals surface area contributed by atoms with Crippen LogP contribution < -0.4 is 5.32 Å². The molecular weight excluding hydrogens is 308 g/mol. The first-order valence-electron chi connectivity index (χ1n) is 7.27. The molecule has 21 heavy (non-hydrogen) atoms. The fraction of sp³-hybridized carbons (Fsp3) is 0.857. The van der Waals surface area contributed by atoms with E-state index in [-0.39, 0.29) is 27.5 Å². The molecule has 5 nitrogen and oxygen atoms in total. The lowest BCUT2D eigenvalue weighted by atomic mass is 10.2. The minimum absolute atomic E-state index is 0.0703. The number of thioether (sulfide) groups is 1. The molecule has 0 aromatic carbocycles. The molecule has 2 saturated heterocycles. The maximum atomic E-state index is 12.3. The predicted octanol–water partition coefficient (Wildman–Crippen LogP) is 1.10. The molecule has 1 N–H and O–H groups in total. The van der Waals surface area contributed by atoms with E-state index in [1.54, 1.807) is 16.7 Å². The average molecular weight is 332 g/mol. The van der Waals surface area contributed by atoms with Gasteiger partial charge in [0, 0.05) is 40.0 Å². The summed E-state index contributed by atoms with van der Waals surface area (Å²) in [6.07, 6.45) is 1.34. The summed E-state index contributed by atoms with van der Waals surface area (Å²) in [6.45, 7) is 8.19. The van der Waals surface area contributed by atoms with Gasteiger partial charge in [-0.2, -0.15) is 0 Å². The predicted molar refractivity (Wildman–Crippen MR) is 86.5 cm³/mol. The number of carbonyl (C=O) groups is 2. The van der Waals surface area contributed by atoms with Gasteiger partial charge in [-0.25, -0.2) is 0 Å². The van der Waals surface area contributed by atoms with Gasteiger partial charge in [0.25, 0.3) is 0 Å². The fourth-order valence-corrected chi connectivity index (χ4v) is 5.04. The largest absolute Gasteiger partial charge is 0.353 e. The Morgan fingerprint density at radius 1 is 1.52 bits per heavy atom. The number of fused-ring (bicyclic) bond motifs is 1. The lowest BCUT2D eigenvalue weighted by Gasteiger charge is -2.29. The van der Waals surface area contributed by atoms with Crippen LogP contribution in [0.1, 0.15) is 40.5 Å². The van der Waals surface area contributed by atoms with Crippen LogP contribution in [0.25, 0.3) is 0 Å². The molecule has 2 amide bonds. The smallest absolute Gasteiger partial charge is 0.243 e. The number of nitrogens with one attached hydrogen (secondary N) is 1. The highest BCUT2D eigenvalue weighted by molar-refractivity contribution is 8.01. The van der Waals surface area contributed by atoms with E-state index in [9.17, 15) is 13.8 Å². The highest BCUT2D eigenvalue weighted by Gasteiger charge is 2.52. The Morgan fingerprint density at radius 3 is 2.81 bits per heavy atom. The molecule has 2 rings (SSSR count). The number of nitrogens with zero attached hydrogens (tertiary/aromatic N) is 1. The fourth-order valence-electron chi connectivity index (χ4n) is 2.71. The number of hydrogen-bond donors (Lipinski definition) is 1. The van der Waals surface area contributed by atoms with Crippen molar-refractivity contribution >= 4 is 34.4 Å². The number of carbonyl (C=O) groups excluding carboxylic acids is 2. The Balaban J connectivity index is 1.87. The molecule has 7 heteroatoms. The van der Waals surface area contributed by atoms with Gasteiger partial charge in [-0.3, -0.25) is 13.8 Å². The van der Waals surface area contributed by atoms with E-state index in [4.69, 9.17) is 0 Å². The summed E-state index contributed by atoms with van der Waals surface area (Å²) in [4.78, 5) is 25.8. The first kappa shape index (κ1) is 16.8. The van der Waals surface area contributed by atoms with Gasteiger partial charge in [0.15, 0.2) is 0 Å². The molecule has 3 unspecified atom stereocenters. The van der Waals surface area contributed by atoms with Crippen LogP contribution in [0.2, 0.25) is 0 Å². The third-order valence-electron chi connectivity index (χ3n) is 4.02. The Labute approximate surface area is 133 Å². The molecule has 2 fully saturated rings. The van der Waals surface area contributed by atoms with Crippen LogP contribution in [-0.4, -0.2) is 54.6 Å². The van der Waals surface area contributed by atoms with Crippen LogP contribution in [0.15, 0.2) is 0 Å². The van der Waals surface area contributed by atoms with Crippen LogP contribution in [0, 0.1) is 0 Å². The summed E-state index contributed by atoms with van der Waals surface area (Å²) in [7, 11) is -0.976. The van der Waals surface area contributed by atoms with E-state index < -0.39 is 10.8 Å². The first-order chi connectivity index (χ1) is 9.65. The maximum absolute atomic E-state index is 12.3. The lowest BCUT2D eigenvalue weighted by Crippen LogP contribution is -2.50. The number of hydrogen-bond acceptors (Lipinski definition) is 4. The minimum Gasteiger partial charge on any atom is -0.353 e. The normalized spacial score (nSPS) is 30.4. The second-order valence-corrected chi connectivity index (χ2v) is 10.5. The lowest BCUT2D eigenvalue weighted by molar-refractivity contribution is -0.137. The van der Waals surface area contributed by atoms with Crippen molar-refractivity contribution in [1.82, 2.24) is 10.2 Å². The minimum atomic E-state index is -0.976. The van der Waals surface area contributed by atoms with Gasteiger partial charge in [-0.05, 0) is 34.1 Å². The summed E-state index contributed by atoms with van der Waals surface area (Å²) in [6, 6.07) is -0.377. The van der Waals surface area contributed by atoms with E-state index in [2.05, 4.69) is 5.32 Å². The zero-order valence-electron chi connectivity index (χ0n) is 13.1. The summed E-state index contributed by atoms with van der Waals surface area (Å²) >= 11 is 1.68. The molecule has 0 aromatic heterocycles. The van der Waals surface area contributed by atoms with Crippen molar-refractivity contribution in [1.29, 1.82) is 0 Å². The third-order valence-corrected chi connectivity index (χ3v) is 7.46. The Hall–Kier alpha value is -0.560. The molecule has 0 radical (unpaired) electrons. The molecule has 2 aliphatic rings. The molecule has 0 aromatic rings. The van der Waals surface area contributed by atoms with Crippen molar-refractivity contribution in [3.8, 4) is 0 Å². The van der Waals surface area contributed by atoms with Crippen molar-refractivity contribution in [2.75, 3.05) is 18.1 Å². The highest BCUT2D eigenvalue weighted by Crippen LogP contribution is 2.47. The van der Waals surface area contributed by atoms with Crippen molar-refractivity contribution in [2.45, 2.75) is 56.2 Å². The summed E-state index contributed by atoms with van der Waals surface area (Å²) < 4.78 is 11.7. The van der Waals surface area contributed by atoms with Gasteiger partial charge >= 0.3 is 0 Å². The van der Waals surface area contributed by atoms with Gasteiger partial charge < -0.3 is 10.2 Å². The number of amides is 2. The second kappa shape index (κ2) is 5.91. The summed E-state index contributed by atoms with van der Waals surface area (Å²) in [5.74, 6) is 1.05.